The van der Waals surface area contributed by atoms with Crippen LogP contribution < -0.4 is 10.7 Å². The van der Waals surface area contributed by atoms with Gasteiger partial charge in [-0.1, -0.05) is 67.1 Å². The number of hydrogen-bond donors (Lipinski definition) is 2. The second kappa shape index (κ2) is 7.96. The lowest BCUT2D eigenvalue weighted by molar-refractivity contribution is -0.510. The summed E-state index contributed by atoms with van der Waals surface area (Å²) in [7, 11) is 0. The molecule has 2 heteroatoms. The third kappa shape index (κ3) is 4.44. The topological polar surface area (TPSA) is 40.0 Å². The van der Waals surface area contributed by atoms with E-state index in [2.05, 4.69) is 65.7 Å². The molecule has 0 aromatic heterocycles. The van der Waals surface area contributed by atoms with Crippen LogP contribution in [0.15, 0.2) is 60.7 Å². The van der Waals surface area contributed by atoms with E-state index in [1.807, 2.05) is 0 Å². The van der Waals surface area contributed by atoms with Gasteiger partial charge < -0.3 is 0 Å². The maximum absolute atomic E-state index is 6.53. The molecule has 1 fully saturated rings. The van der Waals surface area contributed by atoms with E-state index < -0.39 is 0 Å². The SMILES string of the molecule is NC(=[NH+]C1CCCCC1)[C@H](Cc1ccccc1)c1ccccc1. The van der Waals surface area contributed by atoms with Crippen molar-refractivity contribution < 1.29 is 4.99 Å². The number of nitrogens with two attached hydrogens (primary N) is 1. The molecule has 3 N–H and O–H groups in total. The average molecular weight is 307 g/mol. The average Bonchev–Trinajstić information content (AvgIpc) is 2.62. The lowest BCUT2D eigenvalue weighted by Crippen LogP contribution is -2.82. The minimum atomic E-state index is 0.223. The fourth-order valence-corrected chi connectivity index (χ4v) is 3.53. The third-order valence-electron chi connectivity index (χ3n) is 4.84. The van der Waals surface area contributed by atoms with E-state index in [0.29, 0.717) is 6.04 Å². The number of benzene rings is 2. The van der Waals surface area contributed by atoms with Crippen LogP contribution >= 0.6 is 0 Å². The molecule has 1 aliphatic rings. The molecule has 2 nitrogen and oxygen atoms in total. The molecule has 1 aliphatic carbocycles. The molecule has 120 valence electrons. The first-order valence-electron chi connectivity index (χ1n) is 8.80. The van der Waals surface area contributed by atoms with Crippen LogP contribution in [0.5, 0.6) is 0 Å². The molecule has 0 spiro atoms. The highest BCUT2D eigenvalue weighted by Crippen LogP contribution is 2.20. The van der Waals surface area contributed by atoms with Gasteiger partial charge in [0.05, 0.1) is 12.0 Å². The Bertz CT molecular complexity index is 613. The van der Waals surface area contributed by atoms with Crippen molar-refractivity contribution in [2.45, 2.75) is 50.5 Å². The summed E-state index contributed by atoms with van der Waals surface area (Å²) in [4.78, 5) is 3.63. The molecule has 0 aliphatic heterocycles. The molecule has 1 atom stereocenters. The van der Waals surface area contributed by atoms with E-state index in [-0.39, 0.29) is 5.92 Å². The second-order valence-corrected chi connectivity index (χ2v) is 6.59. The molecule has 0 unspecified atom stereocenters. The van der Waals surface area contributed by atoms with Gasteiger partial charge >= 0.3 is 0 Å². The fourth-order valence-electron chi connectivity index (χ4n) is 3.53. The molecule has 0 amide bonds. The first-order valence-corrected chi connectivity index (χ1v) is 8.80. The maximum atomic E-state index is 6.53. The molecule has 0 bridgehead atoms. The Morgan fingerprint density at radius 2 is 1.52 bits per heavy atom. The first kappa shape index (κ1) is 15.8. The lowest BCUT2D eigenvalue weighted by Gasteiger charge is -2.19. The Kier molecular flexibility index (Phi) is 5.46. The lowest BCUT2D eigenvalue weighted by atomic mass is 9.90. The largest absolute Gasteiger partial charge is 0.291 e. The summed E-state index contributed by atoms with van der Waals surface area (Å²) in [5, 5.41) is 0. The smallest absolute Gasteiger partial charge is 0.248 e. The molecule has 2 aromatic rings. The zero-order valence-corrected chi connectivity index (χ0v) is 13.7. The van der Waals surface area contributed by atoms with E-state index in [4.69, 9.17) is 5.73 Å². The normalized spacial score (nSPS) is 17.8. The summed E-state index contributed by atoms with van der Waals surface area (Å²) >= 11 is 0. The van der Waals surface area contributed by atoms with Crippen LogP contribution in [-0.2, 0) is 6.42 Å². The number of nitrogens with one attached hydrogen (secondary N) is 1. The van der Waals surface area contributed by atoms with Crippen LogP contribution in [0.2, 0.25) is 0 Å². The minimum Gasteiger partial charge on any atom is -0.291 e. The summed E-state index contributed by atoms with van der Waals surface area (Å²) in [6.45, 7) is 0. The van der Waals surface area contributed by atoms with Gasteiger partial charge in [0.25, 0.3) is 0 Å². The van der Waals surface area contributed by atoms with Gasteiger partial charge in [0.15, 0.2) is 0 Å². The maximum Gasteiger partial charge on any atom is 0.248 e. The zero-order chi connectivity index (χ0) is 15.9. The van der Waals surface area contributed by atoms with E-state index in [0.717, 1.165) is 12.3 Å². The van der Waals surface area contributed by atoms with Crippen molar-refractivity contribution in [1.29, 1.82) is 0 Å². The molecule has 2 aromatic carbocycles. The summed E-state index contributed by atoms with van der Waals surface area (Å²) in [5.41, 5.74) is 9.15. The summed E-state index contributed by atoms with van der Waals surface area (Å²) in [5.74, 6) is 1.15. The number of hydrogen-bond acceptors (Lipinski definition) is 0. The predicted octanol–water partition coefficient (Wildman–Crippen LogP) is 2.78. The number of rotatable bonds is 5. The van der Waals surface area contributed by atoms with Crippen molar-refractivity contribution in [2.75, 3.05) is 0 Å². The van der Waals surface area contributed by atoms with E-state index in [1.165, 1.54) is 43.2 Å². The highest BCUT2D eigenvalue weighted by molar-refractivity contribution is 5.82. The van der Waals surface area contributed by atoms with E-state index >= 15 is 0 Å². The summed E-state index contributed by atoms with van der Waals surface area (Å²) < 4.78 is 0. The highest BCUT2D eigenvalue weighted by Gasteiger charge is 2.23. The van der Waals surface area contributed by atoms with Crippen molar-refractivity contribution in [3.63, 3.8) is 0 Å². The summed E-state index contributed by atoms with van der Waals surface area (Å²) in [6.07, 6.45) is 7.43. The Labute approximate surface area is 139 Å². The van der Waals surface area contributed by atoms with Crippen LogP contribution in [-0.4, -0.2) is 11.9 Å². The van der Waals surface area contributed by atoms with Gasteiger partial charge in [-0.15, -0.1) is 0 Å². The van der Waals surface area contributed by atoms with E-state index in [1.54, 1.807) is 0 Å². The van der Waals surface area contributed by atoms with Crippen molar-refractivity contribution >= 4 is 5.84 Å². The van der Waals surface area contributed by atoms with Gasteiger partial charge in [-0.25, -0.2) is 0 Å². The van der Waals surface area contributed by atoms with Crippen molar-refractivity contribution in [2.24, 2.45) is 5.73 Å². The Balaban J connectivity index is 1.83. The van der Waals surface area contributed by atoms with Gasteiger partial charge in [-0.2, -0.15) is 0 Å². The standard InChI is InChI=1S/C21H26N2/c22-21(23-19-14-8-3-9-15-19)20(18-12-6-2-7-13-18)16-17-10-4-1-5-11-17/h1-2,4-7,10-13,19-20H,3,8-9,14-16H2,(H2,22,23)/p+1/t20-/m1/s1. The minimum absolute atomic E-state index is 0.223. The summed E-state index contributed by atoms with van der Waals surface area (Å²) in [6, 6.07) is 21.8. The van der Waals surface area contributed by atoms with Crippen molar-refractivity contribution in [3.05, 3.63) is 71.8 Å². The van der Waals surface area contributed by atoms with Gasteiger partial charge in [-0.05, 0) is 43.2 Å². The molecule has 0 heterocycles. The van der Waals surface area contributed by atoms with Gasteiger partial charge in [0.2, 0.25) is 5.84 Å². The van der Waals surface area contributed by atoms with Crippen molar-refractivity contribution in [3.8, 4) is 0 Å². The molecule has 3 rings (SSSR count). The van der Waals surface area contributed by atoms with Crippen LogP contribution in [0, 0.1) is 0 Å². The van der Waals surface area contributed by atoms with Crippen molar-refractivity contribution in [1.82, 2.24) is 0 Å². The molecule has 0 radical (unpaired) electrons. The molecule has 23 heavy (non-hydrogen) atoms. The third-order valence-corrected chi connectivity index (χ3v) is 4.84. The second-order valence-electron chi connectivity index (χ2n) is 6.59. The van der Waals surface area contributed by atoms with Crippen LogP contribution in [0.3, 0.4) is 0 Å². The quantitative estimate of drug-likeness (QED) is 0.647. The van der Waals surface area contributed by atoms with Gasteiger partial charge in [0, 0.05) is 0 Å². The van der Waals surface area contributed by atoms with E-state index in [9.17, 15) is 0 Å². The molecule has 0 saturated heterocycles. The Morgan fingerprint density at radius 3 is 2.17 bits per heavy atom. The van der Waals surface area contributed by atoms with Gasteiger partial charge in [-0.3, -0.25) is 10.7 Å². The van der Waals surface area contributed by atoms with Crippen LogP contribution in [0.4, 0.5) is 0 Å². The van der Waals surface area contributed by atoms with Crippen LogP contribution in [0.1, 0.15) is 49.1 Å². The fraction of sp³-hybridized carbons (Fsp3) is 0.381. The zero-order valence-electron chi connectivity index (χ0n) is 13.7. The molecule has 1 saturated carbocycles. The first-order chi connectivity index (χ1) is 11.3. The monoisotopic (exact) mass is 307 g/mol. The Morgan fingerprint density at radius 1 is 0.913 bits per heavy atom. The van der Waals surface area contributed by atoms with Gasteiger partial charge in [0.1, 0.15) is 0 Å². The predicted molar refractivity (Wildman–Crippen MR) is 96.4 cm³/mol. The number of amidine groups is 1. The Hall–Kier alpha value is -2.09. The van der Waals surface area contributed by atoms with Crippen LogP contribution in [0.25, 0.3) is 0 Å². The molecular weight excluding hydrogens is 280 g/mol. The molecular formula is C21H27N2+. The highest BCUT2D eigenvalue weighted by atomic mass is 14.9.